The molecule has 1 unspecified atom stereocenters. The number of piperidine rings is 1. The predicted molar refractivity (Wildman–Crippen MR) is 118 cm³/mol. The molecule has 2 fully saturated rings. The van der Waals surface area contributed by atoms with E-state index in [0.717, 1.165) is 19.5 Å². The number of hydrogen-bond donors (Lipinski definition) is 0. The van der Waals surface area contributed by atoms with Crippen molar-refractivity contribution in [2.24, 2.45) is 11.8 Å². The maximum absolute atomic E-state index is 14.5. The van der Waals surface area contributed by atoms with E-state index in [1.807, 2.05) is 18.7 Å². The summed E-state index contributed by atoms with van der Waals surface area (Å²) in [5, 5.41) is 0. The van der Waals surface area contributed by atoms with Crippen molar-refractivity contribution in [1.82, 2.24) is 9.80 Å². The number of alkyl halides is 2. The van der Waals surface area contributed by atoms with Crippen molar-refractivity contribution in [2.45, 2.75) is 52.4 Å². The second-order valence-electron chi connectivity index (χ2n) is 9.58. The lowest BCUT2D eigenvalue weighted by molar-refractivity contribution is -0.142. The number of carbonyl (C=O) groups excluding carboxylic acids is 1. The standard InChI is InChI=1S/C24H37F2N3O/c1-18(2)20-6-8-21(9-7-20)28-11-5-12-29(15-14-28)23(30)16-27-13-10-22(19(3)4)24(25,26)17-27/h6-9,18-19,22H,5,10-17H2,1-4H3. The van der Waals surface area contributed by atoms with Gasteiger partial charge in [0.15, 0.2) is 0 Å². The summed E-state index contributed by atoms with van der Waals surface area (Å²) in [5.41, 5.74) is 2.51. The molecule has 30 heavy (non-hydrogen) atoms. The van der Waals surface area contributed by atoms with Gasteiger partial charge in [0, 0.05) is 37.8 Å². The van der Waals surface area contributed by atoms with Crippen LogP contribution in [0.15, 0.2) is 24.3 Å². The van der Waals surface area contributed by atoms with Gasteiger partial charge >= 0.3 is 0 Å². The summed E-state index contributed by atoms with van der Waals surface area (Å²) >= 11 is 0. The summed E-state index contributed by atoms with van der Waals surface area (Å²) in [6, 6.07) is 8.67. The maximum Gasteiger partial charge on any atom is 0.263 e. The normalized spacial score (nSPS) is 23.1. The van der Waals surface area contributed by atoms with Crippen LogP contribution < -0.4 is 4.90 Å². The van der Waals surface area contributed by atoms with E-state index >= 15 is 0 Å². The number of halogens is 2. The van der Waals surface area contributed by atoms with Crippen molar-refractivity contribution in [3.63, 3.8) is 0 Å². The molecule has 2 aliphatic heterocycles. The number of likely N-dealkylation sites (tertiary alicyclic amines) is 1. The van der Waals surface area contributed by atoms with Crippen LogP contribution in [0.5, 0.6) is 0 Å². The van der Waals surface area contributed by atoms with Crippen molar-refractivity contribution in [3.8, 4) is 0 Å². The number of hydrogen-bond acceptors (Lipinski definition) is 3. The average Bonchev–Trinajstić information content (AvgIpc) is 2.93. The van der Waals surface area contributed by atoms with Gasteiger partial charge in [0.25, 0.3) is 5.92 Å². The zero-order valence-electron chi connectivity index (χ0n) is 18.9. The minimum absolute atomic E-state index is 0.0224. The molecule has 0 aliphatic carbocycles. The van der Waals surface area contributed by atoms with Crippen LogP contribution in [0.4, 0.5) is 14.5 Å². The first-order valence-corrected chi connectivity index (χ1v) is 11.4. The highest BCUT2D eigenvalue weighted by Crippen LogP contribution is 2.37. The second-order valence-corrected chi connectivity index (χ2v) is 9.58. The van der Waals surface area contributed by atoms with Gasteiger partial charge in [-0.25, -0.2) is 8.78 Å². The molecule has 1 aromatic rings. The van der Waals surface area contributed by atoms with Gasteiger partial charge in [0.2, 0.25) is 5.91 Å². The fraction of sp³-hybridized carbons (Fsp3) is 0.708. The Bertz CT molecular complexity index is 705. The molecule has 0 bridgehead atoms. The van der Waals surface area contributed by atoms with Gasteiger partial charge in [0.1, 0.15) is 0 Å². The van der Waals surface area contributed by atoms with Crippen LogP contribution in [0.1, 0.15) is 52.0 Å². The van der Waals surface area contributed by atoms with E-state index in [2.05, 4.69) is 43.0 Å². The molecule has 1 atom stereocenters. The van der Waals surface area contributed by atoms with E-state index in [4.69, 9.17) is 0 Å². The smallest absolute Gasteiger partial charge is 0.263 e. The molecule has 2 aliphatic rings. The predicted octanol–water partition coefficient (Wildman–Crippen LogP) is 4.46. The quantitative estimate of drug-likeness (QED) is 0.702. The molecule has 0 saturated carbocycles. The first-order chi connectivity index (χ1) is 14.2. The summed E-state index contributed by atoms with van der Waals surface area (Å²) < 4.78 is 28.9. The molecule has 2 saturated heterocycles. The largest absolute Gasteiger partial charge is 0.370 e. The fourth-order valence-electron chi connectivity index (χ4n) is 4.77. The highest BCUT2D eigenvalue weighted by atomic mass is 19.3. The topological polar surface area (TPSA) is 26.8 Å². The van der Waals surface area contributed by atoms with E-state index in [-0.39, 0.29) is 24.9 Å². The molecule has 1 amide bonds. The lowest BCUT2D eigenvalue weighted by Gasteiger charge is -2.40. The number of rotatable bonds is 5. The van der Waals surface area contributed by atoms with Crippen LogP contribution in [0.3, 0.4) is 0 Å². The van der Waals surface area contributed by atoms with Crippen molar-refractivity contribution in [1.29, 1.82) is 0 Å². The van der Waals surface area contributed by atoms with Crippen LogP contribution in [0.25, 0.3) is 0 Å². The fourth-order valence-corrected chi connectivity index (χ4v) is 4.77. The summed E-state index contributed by atoms with van der Waals surface area (Å²) in [5.74, 6) is -2.86. The zero-order chi connectivity index (χ0) is 21.9. The van der Waals surface area contributed by atoms with E-state index in [0.29, 0.717) is 32.0 Å². The molecular weight excluding hydrogens is 384 g/mol. The number of amides is 1. The third kappa shape index (κ3) is 5.51. The van der Waals surface area contributed by atoms with Crippen molar-refractivity contribution >= 4 is 11.6 Å². The van der Waals surface area contributed by atoms with Crippen molar-refractivity contribution in [2.75, 3.05) is 50.7 Å². The summed E-state index contributed by atoms with van der Waals surface area (Å²) in [6.45, 7) is 11.5. The SMILES string of the molecule is CC(C)c1ccc(N2CCCN(C(=O)CN3CCC(C(C)C)C(F)(F)C3)CC2)cc1. The van der Waals surface area contributed by atoms with Gasteiger partial charge < -0.3 is 9.80 Å². The Labute approximate surface area is 180 Å². The van der Waals surface area contributed by atoms with Crippen molar-refractivity contribution in [3.05, 3.63) is 29.8 Å². The van der Waals surface area contributed by atoms with E-state index in [9.17, 15) is 13.6 Å². The Kier molecular flexibility index (Phi) is 7.38. The third-order valence-corrected chi connectivity index (χ3v) is 6.67. The first-order valence-electron chi connectivity index (χ1n) is 11.4. The minimum atomic E-state index is -2.72. The second kappa shape index (κ2) is 9.63. The van der Waals surface area contributed by atoms with E-state index in [1.54, 1.807) is 4.90 Å². The van der Waals surface area contributed by atoms with Gasteiger partial charge in [0.05, 0.1) is 13.1 Å². The highest BCUT2D eigenvalue weighted by molar-refractivity contribution is 5.78. The van der Waals surface area contributed by atoms with E-state index in [1.165, 1.54) is 11.3 Å². The molecule has 2 heterocycles. The molecular formula is C24H37F2N3O. The molecule has 0 N–H and O–H groups in total. The summed E-state index contributed by atoms with van der Waals surface area (Å²) in [6.07, 6.45) is 1.35. The minimum Gasteiger partial charge on any atom is -0.370 e. The van der Waals surface area contributed by atoms with Gasteiger partial charge in [-0.1, -0.05) is 39.8 Å². The molecule has 6 heteroatoms. The lowest BCUT2D eigenvalue weighted by atomic mass is 9.83. The Morgan fingerprint density at radius 1 is 1.03 bits per heavy atom. The Morgan fingerprint density at radius 2 is 1.73 bits per heavy atom. The van der Waals surface area contributed by atoms with Crippen LogP contribution in [0.2, 0.25) is 0 Å². The van der Waals surface area contributed by atoms with Crippen LogP contribution in [0, 0.1) is 11.8 Å². The Morgan fingerprint density at radius 3 is 2.33 bits per heavy atom. The van der Waals surface area contributed by atoms with Gasteiger partial charge in [-0.05, 0) is 48.9 Å². The third-order valence-electron chi connectivity index (χ3n) is 6.67. The zero-order valence-corrected chi connectivity index (χ0v) is 18.9. The molecule has 0 aromatic heterocycles. The first kappa shape index (κ1) is 23.0. The summed E-state index contributed by atoms with van der Waals surface area (Å²) in [7, 11) is 0. The molecule has 0 radical (unpaired) electrons. The molecule has 1 aromatic carbocycles. The van der Waals surface area contributed by atoms with Crippen LogP contribution in [-0.2, 0) is 4.79 Å². The molecule has 3 rings (SSSR count). The Balaban J connectivity index is 1.53. The number of nitrogens with zero attached hydrogens (tertiary/aromatic N) is 3. The van der Waals surface area contributed by atoms with Gasteiger partial charge in [-0.15, -0.1) is 0 Å². The molecule has 0 spiro atoms. The van der Waals surface area contributed by atoms with Crippen molar-refractivity contribution < 1.29 is 13.6 Å². The van der Waals surface area contributed by atoms with Crippen LogP contribution in [-0.4, -0.2) is 67.4 Å². The highest BCUT2D eigenvalue weighted by Gasteiger charge is 2.46. The lowest BCUT2D eigenvalue weighted by Crippen LogP contribution is -2.53. The van der Waals surface area contributed by atoms with Gasteiger partial charge in [-0.2, -0.15) is 0 Å². The maximum atomic E-state index is 14.5. The summed E-state index contributed by atoms with van der Waals surface area (Å²) in [4.78, 5) is 18.7. The molecule has 168 valence electrons. The van der Waals surface area contributed by atoms with E-state index < -0.39 is 11.8 Å². The number of carbonyl (C=O) groups is 1. The molecule has 4 nitrogen and oxygen atoms in total. The van der Waals surface area contributed by atoms with Gasteiger partial charge in [-0.3, -0.25) is 9.69 Å². The van der Waals surface area contributed by atoms with Crippen LogP contribution >= 0.6 is 0 Å². The average molecular weight is 422 g/mol. The monoisotopic (exact) mass is 421 g/mol. The number of benzene rings is 1. The Hall–Kier alpha value is -1.69. The number of anilines is 1.